The second-order valence-electron chi connectivity index (χ2n) is 2.63. The van der Waals surface area contributed by atoms with Gasteiger partial charge in [-0.25, -0.2) is 0 Å². The zero-order chi connectivity index (χ0) is 8.81. The normalized spacial score (nSPS) is 9.17. The lowest BCUT2D eigenvalue weighted by Gasteiger charge is -2.04. The SMILES string of the molecule is CCCOc1cc[c]([Mg][Br])cc1. The molecule has 0 aliphatic rings. The molecule has 0 atom stereocenters. The summed E-state index contributed by atoms with van der Waals surface area (Å²) in [5.41, 5.74) is 0. The molecule has 1 aromatic rings. The van der Waals surface area contributed by atoms with E-state index >= 15 is 0 Å². The van der Waals surface area contributed by atoms with Gasteiger partial charge in [-0.2, -0.15) is 3.69 Å². The third-order valence-corrected chi connectivity index (χ3v) is 4.27. The van der Waals surface area contributed by atoms with Crippen LogP contribution >= 0.6 is 12.9 Å². The van der Waals surface area contributed by atoms with Crippen molar-refractivity contribution in [1.82, 2.24) is 0 Å². The molecule has 1 rings (SSSR count). The van der Waals surface area contributed by atoms with Gasteiger partial charge < -0.3 is 4.74 Å². The maximum Gasteiger partial charge on any atom is 0.506 e. The second-order valence-corrected chi connectivity index (χ2v) is 5.39. The first-order chi connectivity index (χ1) is 5.86. The standard InChI is InChI=1S/C9H11O.BrH.Mg/c1-2-8-10-9-6-4-3-5-7-9;;/h4-7H,2,8H2,1H3;1H;/q;;+1/p-1. The van der Waals surface area contributed by atoms with Crippen LogP contribution in [0.1, 0.15) is 13.3 Å². The van der Waals surface area contributed by atoms with Crippen LogP contribution in [0.5, 0.6) is 5.75 Å². The average Bonchev–Trinajstić information content (AvgIpc) is 2.15. The summed E-state index contributed by atoms with van der Waals surface area (Å²) < 4.78 is 6.87. The van der Waals surface area contributed by atoms with E-state index in [9.17, 15) is 0 Å². The summed E-state index contributed by atoms with van der Waals surface area (Å²) in [4.78, 5) is 0. The summed E-state index contributed by atoms with van der Waals surface area (Å²) in [6, 6.07) is 8.34. The molecular weight excluding hydrogens is 228 g/mol. The second kappa shape index (κ2) is 5.83. The first kappa shape index (κ1) is 10.3. The van der Waals surface area contributed by atoms with Crippen LogP contribution in [0.2, 0.25) is 0 Å². The van der Waals surface area contributed by atoms with Crippen molar-refractivity contribution in [1.29, 1.82) is 0 Å². The van der Waals surface area contributed by atoms with Crippen LogP contribution in [0.4, 0.5) is 0 Å². The molecule has 0 fully saturated rings. The Bertz CT molecular complexity index is 222. The molecule has 0 aromatic heterocycles. The predicted molar refractivity (Wildman–Crippen MR) is 56.5 cm³/mol. The highest BCUT2D eigenvalue weighted by Crippen LogP contribution is 2.07. The van der Waals surface area contributed by atoms with Gasteiger partial charge in [0.05, 0.1) is 6.61 Å². The summed E-state index contributed by atoms with van der Waals surface area (Å²) in [6.45, 7) is 2.92. The molecule has 0 aliphatic heterocycles. The molecule has 0 saturated heterocycles. The molecule has 0 heterocycles. The van der Waals surface area contributed by atoms with Gasteiger partial charge in [0.25, 0.3) is 0 Å². The van der Waals surface area contributed by atoms with E-state index in [1.807, 2.05) is 12.1 Å². The highest BCUT2D eigenvalue weighted by Gasteiger charge is 1.95. The highest BCUT2D eigenvalue weighted by atomic mass is 79.9. The number of benzene rings is 1. The monoisotopic (exact) mass is 238 g/mol. The zero-order valence-corrected chi connectivity index (χ0v) is 10.2. The molecular formula is C9H11BrMgO. The quantitative estimate of drug-likeness (QED) is 0.731. The minimum Gasteiger partial charge on any atom is -0.494 e. The van der Waals surface area contributed by atoms with Crippen molar-refractivity contribution in [3.05, 3.63) is 24.3 Å². The van der Waals surface area contributed by atoms with Gasteiger partial charge in [0.2, 0.25) is 0 Å². The molecule has 1 nitrogen and oxygen atoms in total. The maximum absolute atomic E-state index is 5.45. The smallest absolute Gasteiger partial charge is 0.494 e. The molecule has 0 spiro atoms. The van der Waals surface area contributed by atoms with E-state index in [1.165, 1.54) is 3.69 Å². The van der Waals surface area contributed by atoms with Crippen LogP contribution < -0.4 is 8.43 Å². The molecule has 3 heteroatoms. The van der Waals surface area contributed by atoms with Crippen LogP contribution in [-0.2, 0) is 0 Å². The lowest BCUT2D eigenvalue weighted by molar-refractivity contribution is 0.317. The Kier molecular flexibility index (Phi) is 5.03. The van der Waals surface area contributed by atoms with E-state index in [2.05, 4.69) is 31.9 Å². The van der Waals surface area contributed by atoms with Crippen LogP contribution in [0.25, 0.3) is 0 Å². The van der Waals surface area contributed by atoms with Crippen LogP contribution in [-0.4, -0.2) is 24.8 Å². The van der Waals surface area contributed by atoms with E-state index in [4.69, 9.17) is 4.74 Å². The first-order valence-corrected chi connectivity index (χ1v) is 8.75. The van der Waals surface area contributed by atoms with E-state index in [-0.39, 0.29) is 18.2 Å². The van der Waals surface area contributed by atoms with Crippen LogP contribution in [0, 0.1) is 0 Å². The summed E-state index contributed by atoms with van der Waals surface area (Å²) in [5.74, 6) is 0.982. The minimum atomic E-state index is -0.187. The van der Waals surface area contributed by atoms with Crippen molar-refractivity contribution in [2.24, 2.45) is 0 Å². The van der Waals surface area contributed by atoms with Gasteiger partial charge in [-0.1, -0.05) is 19.1 Å². The van der Waals surface area contributed by atoms with Gasteiger partial charge in [0.15, 0.2) is 0 Å². The number of rotatable bonds is 4. The molecule has 0 radical (unpaired) electrons. The third-order valence-electron chi connectivity index (χ3n) is 1.55. The van der Waals surface area contributed by atoms with Crippen LogP contribution in [0.15, 0.2) is 24.3 Å². The summed E-state index contributed by atoms with van der Waals surface area (Å²) in [5, 5.41) is 0. The lowest BCUT2D eigenvalue weighted by atomic mass is 10.3. The van der Waals surface area contributed by atoms with E-state index < -0.39 is 0 Å². The maximum atomic E-state index is 5.45. The highest BCUT2D eigenvalue weighted by molar-refractivity contribution is 9.23. The van der Waals surface area contributed by atoms with Crippen molar-refractivity contribution >= 4 is 34.8 Å². The van der Waals surface area contributed by atoms with Gasteiger partial charge in [0, 0.05) is 0 Å². The van der Waals surface area contributed by atoms with Crippen molar-refractivity contribution in [2.45, 2.75) is 13.3 Å². The molecule has 0 saturated carbocycles. The van der Waals surface area contributed by atoms with Crippen LogP contribution in [0.3, 0.4) is 0 Å². The van der Waals surface area contributed by atoms with Gasteiger partial charge in [0.1, 0.15) is 5.75 Å². The fourth-order valence-corrected chi connectivity index (χ4v) is 2.43. The molecule has 0 bridgehead atoms. The lowest BCUT2D eigenvalue weighted by Crippen LogP contribution is -2.07. The molecule has 0 unspecified atom stereocenters. The predicted octanol–water partition coefficient (Wildman–Crippen LogP) is 2.11. The number of halogens is 1. The van der Waals surface area contributed by atoms with E-state index in [0.29, 0.717) is 0 Å². The Labute approximate surface area is 89.1 Å². The van der Waals surface area contributed by atoms with Crippen molar-refractivity contribution in [3.8, 4) is 5.75 Å². The largest absolute Gasteiger partial charge is 0.506 e. The average molecular weight is 239 g/mol. The molecule has 0 amide bonds. The Morgan fingerprint density at radius 2 is 2.00 bits per heavy atom. The summed E-state index contributed by atoms with van der Waals surface area (Å²) in [7, 11) is 0. The van der Waals surface area contributed by atoms with Gasteiger partial charge in [-0.15, -0.1) is 0 Å². The fourth-order valence-electron chi connectivity index (χ4n) is 0.895. The van der Waals surface area contributed by atoms with Crippen molar-refractivity contribution in [2.75, 3.05) is 6.61 Å². The first-order valence-electron chi connectivity index (χ1n) is 4.14. The summed E-state index contributed by atoms with van der Waals surface area (Å²) >= 11 is 3.35. The number of hydrogen-bond donors (Lipinski definition) is 0. The van der Waals surface area contributed by atoms with Gasteiger partial charge >= 0.3 is 18.2 Å². The Morgan fingerprint density at radius 1 is 1.33 bits per heavy atom. The summed E-state index contributed by atoms with van der Waals surface area (Å²) in [6.07, 6.45) is 1.06. The van der Waals surface area contributed by atoms with Crippen molar-refractivity contribution in [3.63, 3.8) is 0 Å². The Balaban J connectivity index is 2.53. The fraction of sp³-hybridized carbons (Fsp3) is 0.333. The topological polar surface area (TPSA) is 9.23 Å². The Morgan fingerprint density at radius 3 is 2.50 bits per heavy atom. The molecule has 12 heavy (non-hydrogen) atoms. The molecule has 0 N–H and O–H groups in total. The number of hydrogen-bond acceptors (Lipinski definition) is 1. The minimum absolute atomic E-state index is 0.187. The zero-order valence-electron chi connectivity index (χ0n) is 7.22. The van der Waals surface area contributed by atoms with E-state index in [1.54, 1.807) is 0 Å². The molecule has 0 aliphatic carbocycles. The van der Waals surface area contributed by atoms with E-state index in [0.717, 1.165) is 18.8 Å². The molecule has 1 aromatic carbocycles. The Hall–Kier alpha value is 0.266. The van der Waals surface area contributed by atoms with Gasteiger partial charge in [-0.3, -0.25) is 12.9 Å². The van der Waals surface area contributed by atoms with Gasteiger partial charge in [-0.05, 0) is 18.6 Å². The molecule has 62 valence electrons. The number of ether oxygens (including phenoxy) is 1. The van der Waals surface area contributed by atoms with Crippen molar-refractivity contribution < 1.29 is 4.74 Å². The third kappa shape index (κ3) is 3.33.